The number of carbonyl (C=O) groups is 1. The van der Waals surface area contributed by atoms with E-state index in [1.807, 2.05) is 0 Å². The Balaban J connectivity index is 3.25. The highest BCUT2D eigenvalue weighted by atomic mass is 16.5. The summed E-state index contributed by atoms with van der Waals surface area (Å²) in [6.45, 7) is 5.15. The fourth-order valence-electron chi connectivity index (χ4n) is 6.78. The number of carbonyl (C=O) groups excluding carboxylic acids is 1. The van der Waals surface area contributed by atoms with Crippen LogP contribution in [0.25, 0.3) is 0 Å². The minimum atomic E-state index is -0.0271. The largest absolute Gasteiger partial charge is 0.466 e. The molecule has 0 aromatic rings. The van der Waals surface area contributed by atoms with Crippen LogP contribution in [0.4, 0.5) is 0 Å². The summed E-state index contributed by atoms with van der Waals surface area (Å²) in [4.78, 5) is 12.0. The van der Waals surface area contributed by atoms with E-state index in [0.29, 0.717) is 13.0 Å². The molecule has 0 rings (SSSR count). The molecule has 0 bridgehead atoms. The van der Waals surface area contributed by atoms with Crippen LogP contribution in [0.15, 0.2) is 48.6 Å². The van der Waals surface area contributed by atoms with Crippen molar-refractivity contribution in [2.45, 2.75) is 251 Å². The topological polar surface area (TPSA) is 26.3 Å². The molecule has 0 fully saturated rings. The van der Waals surface area contributed by atoms with E-state index in [0.717, 1.165) is 38.5 Å². The lowest BCUT2D eigenvalue weighted by atomic mass is 10.0. The second kappa shape index (κ2) is 46.5. The number of rotatable bonds is 42. The predicted molar refractivity (Wildman–Crippen MR) is 230 cm³/mol. The van der Waals surface area contributed by atoms with Gasteiger partial charge in [0.05, 0.1) is 6.61 Å². The van der Waals surface area contributed by atoms with Crippen molar-refractivity contribution in [1.82, 2.24) is 0 Å². The third-order valence-electron chi connectivity index (χ3n) is 10.2. The summed E-state index contributed by atoms with van der Waals surface area (Å²) in [6.07, 6.45) is 66.6. The van der Waals surface area contributed by atoms with Crippen molar-refractivity contribution >= 4 is 5.97 Å². The van der Waals surface area contributed by atoms with Gasteiger partial charge < -0.3 is 4.74 Å². The van der Waals surface area contributed by atoms with Crippen LogP contribution in [-0.4, -0.2) is 12.6 Å². The molecule has 0 atom stereocenters. The molecule has 0 aromatic carbocycles. The van der Waals surface area contributed by atoms with Gasteiger partial charge in [0.1, 0.15) is 0 Å². The predicted octanol–water partition coefficient (Wildman–Crippen LogP) is 17.2. The first kappa shape index (κ1) is 49.4. The first-order valence-corrected chi connectivity index (χ1v) is 23.1. The minimum absolute atomic E-state index is 0.0271. The van der Waals surface area contributed by atoms with Crippen molar-refractivity contribution in [3.05, 3.63) is 48.6 Å². The molecule has 0 aliphatic rings. The molecule has 0 aliphatic carbocycles. The Morgan fingerprint density at radius 2 is 0.608 bits per heavy atom. The van der Waals surface area contributed by atoms with Crippen molar-refractivity contribution in [3.8, 4) is 0 Å². The Kier molecular flexibility index (Phi) is 45.0. The zero-order chi connectivity index (χ0) is 36.8. The van der Waals surface area contributed by atoms with E-state index < -0.39 is 0 Å². The second-order valence-corrected chi connectivity index (χ2v) is 15.4. The molecule has 0 amide bonds. The number of hydrogen-bond acceptors (Lipinski definition) is 2. The van der Waals surface area contributed by atoms with Crippen LogP contribution in [-0.2, 0) is 9.53 Å². The van der Waals surface area contributed by atoms with Crippen molar-refractivity contribution in [3.63, 3.8) is 0 Å². The second-order valence-electron chi connectivity index (χ2n) is 15.4. The van der Waals surface area contributed by atoms with E-state index >= 15 is 0 Å². The summed E-state index contributed by atoms with van der Waals surface area (Å²) in [5.74, 6) is -0.0271. The van der Waals surface area contributed by atoms with Crippen molar-refractivity contribution < 1.29 is 9.53 Å². The van der Waals surface area contributed by atoms with Gasteiger partial charge in [-0.15, -0.1) is 0 Å². The number of allylic oxidation sites excluding steroid dienone is 8. The van der Waals surface area contributed by atoms with E-state index in [2.05, 4.69) is 62.5 Å². The third kappa shape index (κ3) is 46.4. The Hall–Kier alpha value is -1.57. The molecule has 0 aromatic heterocycles. The summed E-state index contributed by atoms with van der Waals surface area (Å²) in [6, 6.07) is 0. The fraction of sp³-hybridized carbons (Fsp3) is 0.816. The molecule has 0 heterocycles. The molecule has 0 saturated heterocycles. The standard InChI is InChI=1S/C49H90O2/c1-3-5-7-9-11-13-15-17-19-21-22-23-24-25-26-27-28-29-30-32-34-36-38-40-42-44-46-48-51-49(50)47-45-43-41-39-37-35-33-31-20-18-16-14-12-10-8-6-4-2/h12,14,18,20,33,35,39,41H,3-11,13,15-17,19,21-32,34,36-38,40,42-48H2,1-2H3. The van der Waals surface area contributed by atoms with E-state index in [1.54, 1.807) is 0 Å². The van der Waals surface area contributed by atoms with Gasteiger partial charge in [0.15, 0.2) is 0 Å². The smallest absolute Gasteiger partial charge is 0.305 e. The van der Waals surface area contributed by atoms with E-state index in [9.17, 15) is 4.79 Å². The monoisotopic (exact) mass is 711 g/mol. The number of ether oxygens (including phenoxy) is 1. The van der Waals surface area contributed by atoms with Gasteiger partial charge in [-0.2, -0.15) is 0 Å². The zero-order valence-electron chi connectivity index (χ0n) is 34.8. The highest BCUT2D eigenvalue weighted by Gasteiger charge is 2.02. The molecule has 0 N–H and O–H groups in total. The van der Waals surface area contributed by atoms with E-state index in [-0.39, 0.29) is 5.97 Å². The summed E-state index contributed by atoms with van der Waals surface area (Å²) in [7, 11) is 0. The highest BCUT2D eigenvalue weighted by Crippen LogP contribution is 2.16. The molecule has 298 valence electrons. The van der Waals surface area contributed by atoms with Crippen molar-refractivity contribution in [2.75, 3.05) is 6.61 Å². The first-order valence-electron chi connectivity index (χ1n) is 23.1. The van der Waals surface area contributed by atoms with E-state index in [4.69, 9.17) is 4.74 Å². The quantitative estimate of drug-likeness (QED) is 0.0358. The summed E-state index contributed by atoms with van der Waals surface area (Å²) < 4.78 is 5.44. The SMILES string of the molecule is CCCCCC=CCC=CCC=CCC=CCCCC(=O)OCCCCCCCCCCCCCCCCCCCCCCCCCCCCC. The Labute approximate surface area is 321 Å². The van der Waals surface area contributed by atoms with Crippen LogP contribution in [0.3, 0.4) is 0 Å². The van der Waals surface area contributed by atoms with Crippen LogP contribution in [0, 0.1) is 0 Å². The average molecular weight is 711 g/mol. The molecular formula is C49H90O2. The third-order valence-corrected chi connectivity index (χ3v) is 10.2. The van der Waals surface area contributed by atoms with Gasteiger partial charge >= 0.3 is 5.97 Å². The lowest BCUT2D eigenvalue weighted by molar-refractivity contribution is -0.143. The number of hydrogen-bond donors (Lipinski definition) is 0. The molecular weight excluding hydrogens is 621 g/mol. The molecule has 2 nitrogen and oxygen atoms in total. The van der Waals surface area contributed by atoms with Crippen LogP contribution in [0.5, 0.6) is 0 Å². The molecule has 2 heteroatoms. The van der Waals surface area contributed by atoms with Crippen LogP contribution in [0.2, 0.25) is 0 Å². The zero-order valence-corrected chi connectivity index (χ0v) is 34.8. The van der Waals surface area contributed by atoms with Crippen LogP contribution < -0.4 is 0 Å². The molecule has 0 saturated carbocycles. The molecule has 0 radical (unpaired) electrons. The number of unbranched alkanes of at least 4 members (excludes halogenated alkanes) is 30. The van der Waals surface area contributed by atoms with Gasteiger partial charge in [0.2, 0.25) is 0 Å². The average Bonchev–Trinajstić information content (AvgIpc) is 3.14. The van der Waals surface area contributed by atoms with Gasteiger partial charge in [-0.1, -0.05) is 242 Å². The molecule has 0 spiro atoms. The van der Waals surface area contributed by atoms with Crippen molar-refractivity contribution in [1.29, 1.82) is 0 Å². The molecule has 51 heavy (non-hydrogen) atoms. The molecule has 0 aliphatic heterocycles. The maximum Gasteiger partial charge on any atom is 0.305 e. The normalized spacial score (nSPS) is 12.1. The van der Waals surface area contributed by atoms with Gasteiger partial charge in [-0.3, -0.25) is 4.79 Å². The van der Waals surface area contributed by atoms with Crippen LogP contribution in [0.1, 0.15) is 251 Å². The van der Waals surface area contributed by atoms with Gasteiger partial charge in [-0.05, 0) is 51.4 Å². The first-order chi connectivity index (χ1) is 25.3. The maximum absolute atomic E-state index is 12.0. The summed E-state index contributed by atoms with van der Waals surface area (Å²) >= 11 is 0. The van der Waals surface area contributed by atoms with Gasteiger partial charge in [-0.25, -0.2) is 0 Å². The van der Waals surface area contributed by atoms with Crippen molar-refractivity contribution in [2.24, 2.45) is 0 Å². The summed E-state index contributed by atoms with van der Waals surface area (Å²) in [5.41, 5.74) is 0. The van der Waals surface area contributed by atoms with Gasteiger partial charge in [0, 0.05) is 6.42 Å². The minimum Gasteiger partial charge on any atom is -0.466 e. The maximum atomic E-state index is 12.0. The lowest BCUT2D eigenvalue weighted by Crippen LogP contribution is -2.05. The van der Waals surface area contributed by atoms with Crippen LogP contribution >= 0.6 is 0 Å². The fourth-order valence-corrected chi connectivity index (χ4v) is 6.78. The van der Waals surface area contributed by atoms with Gasteiger partial charge in [0.25, 0.3) is 0 Å². The van der Waals surface area contributed by atoms with E-state index in [1.165, 1.54) is 193 Å². The Morgan fingerprint density at radius 1 is 0.333 bits per heavy atom. The highest BCUT2D eigenvalue weighted by molar-refractivity contribution is 5.69. The Morgan fingerprint density at radius 3 is 0.961 bits per heavy atom. The molecule has 0 unspecified atom stereocenters. The summed E-state index contributed by atoms with van der Waals surface area (Å²) in [5, 5.41) is 0. The Bertz CT molecular complexity index is 775. The lowest BCUT2D eigenvalue weighted by Gasteiger charge is -2.05. The number of esters is 1.